The van der Waals surface area contributed by atoms with Gasteiger partial charge in [-0.2, -0.15) is 4.31 Å². The standard InChI is InChI=1S/C24H37FN6O2S/c1-29(2)12-6-11-26-24-21-9-3-4-10-22(21)27-23(28-24)18-30-13-15-31(16-14-30)34(32,33)20-8-5-7-19(25)17-20/h3-4,9-10,19-20H,5-8,11-18H2,1-2H3,(H,26,27,28). The number of nitrogens with one attached hydrogen (secondary N) is 1. The Balaban J connectivity index is 1.38. The summed E-state index contributed by atoms with van der Waals surface area (Å²) in [6, 6.07) is 8.00. The molecule has 2 unspecified atom stereocenters. The first-order valence-electron chi connectivity index (χ1n) is 12.3. The predicted octanol–water partition coefficient (Wildman–Crippen LogP) is 2.72. The number of nitrogens with zero attached hydrogens (tertiary/aromatic N) is 5. The fourth-order valence-electron chi connectivity index (χ4n) is 4.84. The number of hydrogen-bond donors (Lipinski definition) is 1. The smallest absolute Gasteiger partial charge is 0.217 e. The minimum Gasteiger partial charge on any atom is -0.369 e. The van der Waals surface area contributed by atoms with Gasteiger partial charge in [-0.1, -0.05) is 12.1 Å². The van der Waals surface area contributed by atoms with E-state index in [1.54, 1.807) is 4.31 Å². The molecule has 2 heterocycles. The van der Waals surface area contributed by atoms with Crippen LogP contribution in [0.2, 0.25) is 0 Å². The topological polar surface area (TPSA) is 81.7 Å². The molecular formula is C24H37FN6O2S. The first-order valence-corrected chi connectivity index (χ1v) is 13.8. The molecular weight excluding hydrogens is 455 g/mol. The average Bonchev–Trinajstić information content (AvgIpc) is 2.82. The maximum atomic E-state index is 13.8. The Morgan fingerprint density at radius 1 is 1.12 bits per heavy atom. The normalized spacial score (nSPS) is 22.9. The van der Waals surface area contributed by atoms with Gasteiger partial charge in [-0.15, -0.1) is 0 Å². The highest BCUT2D eigenvalue weighted by atomic mass is 32.2. The van der Waals surface area contributed by atoms with Crippen LogP contribution in [0.5, 0.6) is 0 Å². The average molecular weight is 493 g/mol. The second-order valence-corrected chi connectivity index (χ2v) is 11.9. The lowest BCUT2D eigenvalue weighted by Gasteiger charge is -2.36. The molecule has 10 heteroatoms. The second kappa shape index (κ2) is 11.2. The van der Waals surface area contributed by atoms with Crippen LogP contribution >= 0.6 is 0 Å². The number of rotatable bonds is 9. The first kappa shape index (κ1) is 25.2. The number of para-hydroxylation sites is 1. The highest BCUT2D eigenvalue weighted by Gasteiger charge is 2.37. The van der Waals surface area contributed by atoms with Gasteiger partial charge in [-0.25, -0.2) is 22.8 Å². The number of benzene rings is 1. The van der Waals surface area contributed by atoms with E-state index >= 15 is 0 Å². The van der Waals surface area contributed by atoms with Crippen LogP contribution < -0.4 is 5.32 Å². The number of anilines is 1. The van der Waals surface area contributed by atoms with Crippen LogP contribution in [0.15, 0.2) is 24.3 Å². The number of sulfonamides is 1. The summed E-state index contributed by atoms with van der Waals surface area (Å²) in [6.07, 6.45) is 1.86. The zero-order valence-electron chi connectivity index (χ0n) is 20.3. The van der Waals surface area contributed by atoms with E-state index in [-0.39, 0.29) is 6.42 Å². The van der Waals surface area contributed by atoms with Gasteiger partial charge >= 0.3 is 0 Å². The van der Waals surface area contributed by atoms with Crippen LogP contribution in [0.3, 0.4) is 0 Å². The molecule has 1 aromatic carbocycles. The molecule has 1 saturated heterocycles. The minimum absolute atomic E-state index is 0.137. The van der Waals surface area contributed by atoms with E-state index in [9.17, 15) is 12.8 Å². The predicted molar refractivity (Wildman–Crippen MR) is 134 cm³/mol. The molecule has 4 rings (SSSR count). The molecule has 8 nitrogen and oxygen atoms in total. The van der Waals surface area contributed by atoms with Crippen LogP contribution in [-0.4, -0.2) is 97.3 Å². The Morgan fingerprint density at radius 3 is 2.62 bits per heavy atom. The Bertz CT molecular complexity index is 1060. The number of alkyl halides is 1. The molecule has 0 bridgehead atoms. The Kier molecular flexibility index (Phi) is 8.34. The summed E-state index contributed by atoms with van der Waals surface area (Å²) in [5.41, 5.74) is 0.905. The van der Waals surface area contributed by atoms with Gasteiger partial charge < -0.3 is 10.2 Å². The third-order valence-corrected chi connectivity index (χ3v) is 9.12. The van der Waals surface area contributed by atoms with E-state index in [2.05, 4.69) is 29.2 Å². The van der Waals surface area contributed by atoms with Gasteiger partial charge in [-0.05, 0) is 64.9 Å². The van der Waals surface area contributed by atoms with Crippen LogP contribution in [0.4, 0.5) is 10.2 Å². The van der Waals surface area contributed by atoms with E-state index in [1.807, 2.05) is 24.3 Å². The largest absolute Gasteiger partial charge is 0.369 e. The highest BCUT2D eigenvalue weighted by Crippen LogP contribution is 2.29. The van der Waals surface area contributed by atoms with Gasteiger partial charge in [-0.3, -0.25) is 4.90 Å². The first-order chi connectivity index (χ1) is 16.3. The Labute approximate surface area is 202 Å². The second-order valence-electron chi connectivity index (χ2n) is 9.70. The molecule has 2 atom stereocenters. The monoisotopic (exact) mass is 492 g/mol. The molecule has 188 valence electrons. The molecule has 2 aliphatic rings. The van der Waals surface area contributed by atoms with Crippen molar-refractivity contribution in [2.45, 2.75) is 50.1 Å². The molecule has 1 aromatic heterocycles. The molecule has 1 N–H and O–H groups in total. The third-order valence-electron chi connectivity index (χ3n) is 6.76. The van der Waals surface area contributed by atoms with Gasteiger partial charge in [0.25, 0.3) is 0 Å². The maximum absolute atomic E-state index is 13.8. The van der Waals surface area contributed by atoms with Crippen LogP contribution in [0, 0.1) is 0 Å². The lowest BCUT2D eigenvalue weighted by atomic mass is 9.98. The van der Waals surface area contributed by atoms with Gasteiger partial charge in [0.15, 0.2) is 0 Å². The Hall–Kier alpha value is -1.88. The molecule has 1 aliphatic heterocycles. The summed E-state index contributed by atoms with van der Waals surface area (Å²) < 4.78 is 41.4. The van der Waals surface area contributed by atoms with Gasteiger partial charge in [0, 0.05) is 38.1 Å². The molecule has 0 radical (unpaired) electrons. The number of aromatic nitrogens is 2. The van der Waals surface area contributed by atoms with E-state index < -0.39 is 21.4 Å². The minimum atomic E-state index is -3.45. The summed E-state index contributed by atoms with van der Waals surface area (Å²) in [5, 5.41) is 3.90. The van der Waals surface area contributed by atoms with Crippen molar-refractivity contribution in [2.75, 3.05) is 58.7 Å². The van der Waals surface area contributed by atoms with Crippen molar-refractivity contribution in [1.29, 1.82) is 0 Å². The van der Waals surface area contributed by atoms with Crippen molar-refractivity contribution < 1.29 is 12.8 Å². The number of piperazine rings is 1. The fraction of sp³-hybridized carbons (Fsp3) is 0.667. The molecule has 34 heavy (non-hydrogen) atoms. The van der Waals surface area contributed by atoms with Crippen LogP contribution in [-0.2, 0) is 16.6 Å². The van der Waals surface area contributed by atoms with E-state index in [4.69, 9.17) is 9.97 Å². The summed E-state index contributed by atoms with van der Waals surface area (Å²) >= 11 is 0. The van der Waals surface area contributed by atoms with Crippen molar-refractivity contribution in [1.82, 2.24) is 24.1 Å². The summed E-state index contributed by atoms with van der Waals surface area (Å²) in [4.78, 5) is 13.9. The maximum Gasteiger partial charge on any atom is 0.217 e. The summed E-state index contributed by atoms with van der Waals surface area (Å²) in [5.74, 6) is 1.58. The lowest BCUT2D eigenvalue weighted by Crippen LogP contribution is -2.51. The lowest BCUT2D eigenvalue weighted by molar-refractivity contribution is 0.174. The molecule has 2 aromatic rings. The Morgan fingerprint density at radius 2 is 1.88 bits per heavy atom. The zero-order valence-corrected chi connectivity index (χ0v) is 21.1. The molecule has 2 fully saturated rings. The summed E-state index contributed by atoms with van der Waals surface area (Å²) in [7, 11) is 0.684. The van der Waals surface area contributed by atoms with Gasteiger partial charge in [0.05, 0.1) is 17.3 Å². The van der Waals surface area contributed by atoms with Crippen molar-refractivity contribution in [3.8, 4) is 0 Å². The van der Waals surface area contributed by atoms with Gasteiger partial charge in [0.2, 0.25) is 10.0 Å². The third kappa shape index (κ3) is 6.21. The number of fused-ring (bicyclic) bond motifs is 1. The SMILES string of the molecule is CN(C)CCCNc1nc(CN2CCN(S(=O)(=O)C3CCCC(F)C3)CC2)nc2ccccc12. The molecule has 0 amide bonds. The highest BCUT2D eigenvalue weighted by molar-refractivity contribution is 7.89. The van der Waals surface area contributed by atoms with Crippen LogP contribution in [0.1, 0.15) is 37.9 Å². The fourth-order valence-corrected chi connectivity index (χ4v) is 6.85. The molecule has 0 spiro atoms. The molecule has 1 saturated carbocycles. The van der Waals surface area contributed by atoms with Crippen LogP contribution in [0.25, 0.3) is 10.9 Å². The van der Waals surface area contributed by atoms with E-state index in [0.717, 1.165) is 42.1 Å². The number of hydrogen-bond acceptors (Lipinski definition) is 7. The van der Waals surface area contributed by atoms with Crippen molar-refractivity contribution in [3.05, 3.63) is 30.1 Å². The van der Waals surface area contributed by atoms with E-state index in [0.29, 0.717) is 52.0 Å². The molecule has 1 aliphatic carbocycles. The quantitative estimate of drug-likeness (QED) is 0.539. The van der Waals surface area contributed by atoms with Crippen molar-refractivity contribution in [2.24, 2.45) is 0 Å². The zero-order chi connectivity index (χ0) is 24.1. The van der Waals surface area contributed by atoms with Gasteiger partial charge in [0.1, 0.15) is 17.8 Å². The summed E-state index contributed by atoms with van der Waals surface area (Å²) in [6.45, 7) is 4.50. The van der Waals surface area contributed by atoms with E-state index in [1.165, 1.54) is 0 Å². The number of halogens is 1. The van der Waals surface area contributed by atoms with Crippen molar-refractivity contribution in [3.63, 3.8) is 0 Å². The van der Waals surface area contributed by atoms with Crippen molar-refractivity contribution >= 4 is 26.7 Å².